The van der Waals surface area contributed by atoms with Crippen molar-refractivity contribution in [3.05, 3.63) is 54.1 Å². The highest BCUT2D eigenvalue weighted by Crippen LogP contribution is 2.29. The Balaban J connectivity index is 1.44. The predicted octanol–water partition coefficient (Wildman–Crippen LogP) is 1.83. The lowest BCUT2D eigenvalue weighted by atomic mass is 10.1. The Labute approximate surface area is 176 Å². The standard InChI is InChI=1S/C22H27N3O5/c1-28-18-9-8-17(14-19(18)29-2)24-22(27)21(26)23-10-11-25-12-13-30-20(15-25)16-6-4-3-5-7-16/h3-9,14,20H,10-13,15H2,1-2H3,(H,23,26)(H,24,27)/t20-/m1/s1. The predicted molar refractivity (Wildman–Crippen MR) is 113 cm³/mol. The Morgan fingerprint density at radius 1 is 1.07 bits per heavy atom. The topological polar surface area (TPSA) is 89.1 Å². The Hall–Kier alpha value is -3.10. The summed E-state index contributed by atoms with van der Waals surface area (Å²) in [6.07, 6.45) is 0.0176. The molecule has 0 unspecified atom stereocenters. The number of carbonyl (C=O) groups excluding carboxylic acids is 2. The number of morpholine rings is 1. The summed E-state index contributed by atoms with van der Waals surface area (Å²) in [5, 5.41) is 5.23. The van der Waals surface area contributed by atoms with Gasteiger partial charge < -0.3 is 24.8 Å². The normalized spacial score (nSPS) is 16.5. The number of benzene rings is 2. The van der Waals surface area contributed by atoms with Crippen molar-refractivity contribution >= 4 is 17.5 Å². The molecule has 2 aromatic rings. The minimum absolute atomic E-state index is 0.0176. The Morgan fingerprint density at radius 3 is 2.57 bits per heavy atom. The van der Waals surface area contributed by atoms with Gasteiger partial charge in [-0.25, -0.2) is 0 Å². The third kappa shape index (κ3) is 5.71. The lowest BCUT2D eigenvalue weighted by Gasteiger charge is -2.33. The van der Waals surface area contributed by atoms with Crippen LogP contribution in [0.3, 0.4) is 0 Å². The molecule has 8 heteroatoms. The van der Waals surface area contributed by atoms with E-state index in [0.29, 0.717) is 36.9 Å². The molecule has 0 bridgehead atoms. The van der Waals surface area contributed by atoms with Crippen LogP contribution in [0.15, 0.2) is 48.5 Å². The molecule has 1 saturated heterocycles. The van der Waals surface area contributed by atoms with Crippen molar-refractivity contribution in [1.82, 2.24) is 10.2 Å². The summed E-state index contributed by atoms with van der Waals surface area (Å²) in [6.45, 7) is 3.18. The molecule has 0 spiro atoms. The number of hydrogen-bond donors (Lipinski definition) is 2. The fourth-order valence-electron chi connectivity index (χ4n) is 3.28. The van der Waals surface area contributed by atoms with E-state index in [1.165, 1.54) is 14.2 Å². The number of hydrogen-bond acceptors (Lipinski definition) is 6. The van der Waals surface area contributed by atoms with Crippen molar-refractivity contribution in [3.8, 4) is 11.5 Å². The SMILES string of the molecule is COc1ccc(NC(=O)C(=O)NCCN2CCO[C@@H](c3ccccc3)C2)cc1OC. The first kappa shape index (κ1) is 21.6. The number of amides is 2. The lowest BCUT2D eigenvalue weighted by Crippen LogP contribution is -2.44. The molecule has 30 heavy (non-hydrogen) atoms. The van der Waals surface area contributed by atoms with Crippen molar-refractivity contribution < 1.29 is 23.8 Å². The second-order valence-electron chi connectivity index (χ2n) is 6.85. The second kappa shape index (κ2) is 10.6. The maximum atomic E-state index is 12.2. The van der Waals surface area contributed by atoms with Gasteiger partial charge in [-0.05, 0) is 17.7 Å². The average molecular weight is 413 g/mol. The maximum absolute atomic E-state index is 12.2. The number of ether oxygens (including phenoxy) is 3. The molecule has 0 radical (unpaired) electrons. The number of rotatable bonds is 7. The summed E-state index contributed by atoms with van der Waals surface area (Å²) in [5.74, 6) is -0.403. The molecule has 0 aromatic heterocycles. The zero-order valence-corrected chi connectivity index (χ0v) is 17.2. The van der Waals surface area contributed by atoms with Crippen LogP contribution in [0.5, 0.6) is 11.5 Å². The van der Waals surface area contributed by atoms with E-state index in [0.717, 1.165) is 18.7 Å². The van der Waals surface area contributed by atoms with Crippen molar-refractivity contribution in [2.45, 2.75) is 6.10 Å². The quantitative estimate of drug-likeness (QED) is 0.674. The number of anilines is 1. The van der Waals surface area contributed by atoms with Gasteiger partial charge in [0.15, 0.2) is 11.5 Å². The van der Waals surface area contributed by atoms with Crippen LogP contribution in [0.4, 0.5) is 5.69 Å². The van der Waals surface area contributed by atoms with Gasteiger partial charge in [-0.2, -0.15) is 0 Å². The first-order valence-electron chi connectivity index (χ1n) is 9.81. The summed E-state index contributed by atoms with van der Waals surface area (Å²) in [6, 6.07) is 15.0. The molecule has 8 nitrogen and oxygen atoms in total. The van der Waals surface area contributed by atoms with E-state index < -0.39 is 11.8 Å². The Bertz CT molecular complexity index is 859. The average Bonchev–Trinajstić information content (AvgIpc) is 2.79. The fourth-order valence-corrected chi connectivity index (χ4v) is 3.28. The molecule has 3 rings (SSSR count). The molecule has 2 N–H and O–H groups in total. The highest BCUT2D eigenvalue weighted by molar-refractivity contribution is 6.39. The van der Waals surface area contributed by atoms with Crippen LogP contribution >= 0.6 is 0 Å². The van der Waals surface area contributed by atoms with Crippen LogP contribution in [0.1, 0.15) is 11.7 Å². The second-order valence-corrected chi connectivity index (χ2v) is 6.85. The Kier molecular flexibility index (Phi) is 7.64. The summed E-state index contributed by atoms with van der Waals surface area (Å²) >= 11 is 0. The van der Waals surface area contributed by atoms with Gasteiger partial charge in [-0.3, -0.25) is 14.5 Å². The van der Waals surface area contributed by atoms with Crippen LogP contribution in [-0.4, -0.2) is 63.7 Å². The minimum atomic E-state index is -0.730. The summed E-state index contributed by atoms with van der Waals surface area (Å²) in [7, 11) is 3.03. The van der Waals surface area contributed by atoms with Gasteiger partial charge in [0.05, 0.1) is 26.9 Å². The third-order valence-electron chi connectivity index (χ3n) is 4.88. The minimum Gasteiger partial charge on any atom is -0.493 e. The van der Waals surface area contributed by atoms with Crippen LogP contribution in [0.2, 0.25) is 0 Å². The van der Waals surface area contributed by atoms with E-state index in [-0.39, 0.29) is 6.10 Å². The summed E-state index contributed by atoms with van der Waals surface area (Å²) in [5.41, 5.74) is 1.59. The molecule has 1 aliphatic rings. The van der Waals surface area contributed by atoms with Gasteiger partial charge in [0.25, 0.3) is 0 Å². The van der Waals surface area contributed by atoms with Gasteiger partial charge in [-0.1, -0.05) is 30.3 Å². The number of nitrogens with zero attached hydrogens (tertiary/aromatic N) is 1. The van der Waals surface area contributed by atoms with Crippen molar-refractivity contribution in [2.75, 3.05) is 52.3 Å². The number of methoxy groups -OCH3 is 2. The highest BCUT2D eigenvalue weighted by atomic mass is 16.5. The maximum Gasteiger partial charge on any atom is 0.313 e. The van der Waals surface area contributed by atoms with E-state index in [1.54, 1.807) is 18.2 Å². The van der Waals surface area contributed by atoms with Gasteiger partial charge in [0.1, 0.15) is 0 Å². The molecule has 160 valence electrons. The van der Waals surface area contributed by atoms with E-state index in [9.17, 15) is 9.59 Å². The summed E-state index contributed by atoms with van der Waals surface area (Å²) in [4.78, 5) is 26.5. The molecule has 1 atom stereocenters. The zero-order valence-electron chi connectivity index (χ0n) is 17.2. The molecule has 2 aromatic carbocycles. The first-order valence-corrected chi connectivity index (χ1v) is 9.81. The molecule has 0 aliphatic carbocycles. The molecule has 1 heterocycles. The number of nitrogens with one attached hydrogen (secondary N) is 2. The molecule has 1 fully saturated rings. The highest BCUT2D eigenvalue weighted by Gasteiger charge is 2.22. The van der Waals surface area contributed by atoms with Crippen LogP contribution in [0.25, 0.3) is 0 Å². The van der Waals surface area contributed by atoms with E-state index >= 15 is 0 Å². The third-order valence-corrected chi connectivity index (χ3v) is 4.88. The molecular formula is C22H27N3O5. The largest absolute Gasteiger partial charge is 0.493 e. The van der Waals surface area contributed by atoms with E-state index in [4.69, 9.17) is 14.2 Å². The van der Waals surface area contributed by atoms with Gasteiger partial charge in [0.2, 0.25) is 0 Å². The number of carbonyl (C=O) groups is 2. The molecule has 0 saturated carbocycles. The van der Waals surface area contributed by atoms with E-state index in [1.807, 2.05) is 18.2 Å². The zero-order chi connectivity index (χ0) is 21.3. The monoisotopic (exact) mass is 413 g/mol. The Morgan fingerprint density at radius 2 is 1.83 bits per heavy atom. The summed E-state index contributed by atoms with van der Waals surface area (Å²) < 4.78 is 16.2. The molecular weight excluding hydrogens is 386 g/mol. The van der Waals surface area contributed by atoms with Crippen LogP contribution < -0.4 is 20.1 Å². The van der Waals surface area contributed by atoms with Gasteiger partial charge >= 0.3 is 11.8 Å². The van der Waals surface area contributed by atoms with E-state index in [2.05, 4.69) is 27.7 Å². The van der Waals surface area contributed by atoms with Gasteiger partial charge in [-0.15, -0.1) is 0 Å². The van der Waals surface area contributed by atoms with Crippen LogP contribution in [0, 0.1) is 0 Å². The fraction of sp³-hybridized carbons (Fsp3) is 0.364. The van der Waals surface area contributed by atoms with Crippen LogP contribution in [-0.2, 0) is 14.3 Å². The molecule has 2 amide bonds. The van der Waals surface area contributed by atoms with Crippen molar-refractivity contribution in [2.24, 2.45) is 0 Å². The van der Waals surface area contributed by atoms with Crippen molar-refractivity contribution in [3.63, 3.8) is 0 Å². The van der Waals surface area contributed by atoms with Crippen molar-refractivity contribution in [1.29, 1.82) is 0 Å². The van der Waals surface area contributed by atoms with Gasteiger partial charge in [0, 0.05) is 37.9 Å². The smallest absolute Gasteiger partial charge is 0.313 e. The first-order chi connectivity index (χ1) is 14.6. The molecule has 1 aliphatic heterocycles. The lowest BCUT2D eigenvalue weighted by molar-refractivity contribution is -0.136.